The number of para-hydroxylation sites is 2. The lowest BCUT2D eigenvalue weighted by Gasteiger charge is -2.37. The maximum absolute atomic E-state index is 13.6. The second-order valence-corrected chi connectivity index (χ2v) is 9.21. The molecule has 2 N–H and O–H groups in total. The third-order valence-corrected chi connectivity index (χ3v) is 6.87. The average Bonchev–Trinajstić information content (AvgIpc) is 3.18. The van der Waals surface area contributed by atoms with Gasteiger partial charge in [-0.3, -0.25) is 14.3 Å². The van der Waals surface area contributed by atoms with Crippen LogP contribution in [0, 0.1) is 13.8 Å². The van der Waals surface area contributed by atoms with E-state index in [1.165, 1.54) is 0 Å². The second-order valence-electron chi connectivity index (χ2n) is 9.21. The molecule has 0 aliphatic carbocycles. The van der Waals surface area contributed by atoms with Crippen molar-refractivity contribution in [3.63, 3.8) is 0 Å². The molecule has 1 aliphatic heterocycles. The van der Waals surface area contributed by atoms with Crippen molar-refractivity contribution >= 4 is 22.6 Å². The molecule has 1 saturated heterocycles. The zero-order valence-electron chi connectivity index (χ0n) is 19.6. The van der Waals surface area contributed by atoms with E-state index in [-0.39, 0.29) is 23.7 Å². The van der Waals surface area contributed by atoms with Gasteiger partial charge in [0.1, 0.15) is 6.04 Å². The third-order valence-electron chi connectivity index (χ3n) is 6.87. The molecule has 0 spiro atoms. The van der Waals surface area contributed by atoms with Crippen LogP contribution in [-0.4, -0.2) is 33.4 Å². The zero-order chi connectivity index (χ0) is 23.7. The highest BCUT2D eigenvalue weighted by atomic mass is 16.2. The summed E-state index contributed by atoms with van der Waals surface area (Å²) in [5.41, 5.74) is 5.74. The number of imidazole rings is 1. The number of rotatable bonds is 5. The predicted octanol–water partition coefficient (Wildman–Crippen LogP) is 4.96. The van der Waals surface area contributed by atoms with Crippen molar-refractivity contribution in [1.29, 1.82) is 0 Å². The Morgan fingerprint density at radius 3 is 2.44 bits per heavy atom. The molecule has 1 amide bonds. The number of amides is 1. The van der Waals surface area contributed by atoms with Gasteiger partial charge in [0, 0.05) is 24.8 Å². The molecule has 0 saturated carbocycles. The number of fused-ring (bicyclic) bond motifs is 1. The summed E-state index contributed by atoms with van der Waals surface area (Å²) in [6.45, 7) is 5.50. The fraction of sp³-hybridized carbons (Fsp3) is 0.286. The first-order chi connectivity index (χ1) is 16.5. The minimum atomic E-state index is -0.387. The van der Waals surface area contributed by atoms with Crippen LogP contribution in [0.15, 0.2) is 77.6 Å². The van der Waals surface area contributed by atoms with E-state index in [2.05, 4.69) is 21.3 Å². The highest BCUT2D eigenvalue weighted by molar-refractivity contribution is 5.96. The summed E-state index contributed by atoms with van der Waals surface area (Å²) in [6, 6.07) is 23.6. The van der Waals surface area contributed by atoms with Gasteiger partial charge in [-0.25, -0.2) is 4.79 Å². The van der Waals surface area contributed by atoms with Gasteiger partial charge in [-0.1, -0.05) is 54.6 Å². The Morgan fingerprint density at radius 2 is 1.68 bits per heavy atom. The van der Waals surface area contributed by atoms with Crippen LogP contribution in [0.4, 0.5) is 5.69 Å². The number of carbonyl (C=O) groups is 1. The van der Waals surface area contributed by atoms with Gasteiger partial charge in [-0.2, -0.15) is 0 Å². The lowest BCUT2D eigenvalue weighted by atomic mass is 9.98. The SMILES string of the molecule is Cc1ccc(C)c(NC(=O)C(c2ccccc2)N2CCC(n3c(=O)[nH]c4ccccc43)CC2)c1. The number of anilines is 1. The Balaban J connectivity index is 1.39. The molecule has 1 atom stereocenters. The first-order valence-electron chi connectivity index (χ1n) is 11.9. The zero-order valence-corrected chi connectivity index (χ0v) is 19.6. The Hall–Kier alpha value is -3.64. The molecule has 1 aromatic heterocycles. The fourth-order valence-corrected chi connectivity index (χ4v) is 5.07. The fourth-order valence-electron chi connectivity index (χ4n) is 5.07. The summed E-state index contributed by atoms with van der Waals surface area (Å²) in [7, 11) is 0. The maximum Gasteiger partial charge on any atom is 0.326 e. The first-order valence-corrected chi connectivity index (χ1v) is 11.9. The van der Waals surface area contributed by atoms with E-state index in [4.69, 9.17) is 0 Å². The van der Waals surface area contributed by atoms with Crippen LogP contribution < -0.4 is 11.0 Å². The van der Waals surface area contributed by atoms with Crippen molar-refractivity contribution in [2.45, 2.75) is 38.8 Å². The molecule has 6 heteroatoms. The summed E-state index contributed by atoms with van der Waals surface area (Å²) < 4.78 is 1.89. The largest absolute Gasteiger partial charge is 0.326 e. The maximum atomic E-state index is 13.6. The van der Waals surface area contributed by atoms with Crippen LogP contribution >= 0.6 is 0 Å². The number of H-pyrrole nitrogens is 1. The molecule has 1 aliphatic rings. The average molecular weight is 455 g/mol. The van der Waals surface area contributed by atoms with Crippen molar-refractivity contribution in [2.75, 3.05) is 18.4 Å². The molecule has 5 rings (SSSR count). The normalized spacial score (nSPS) is 15.9. The summed E-state index contributed by atoms with van der Waals surface area (Å²) in [4.78, 5) is 31.5. The number of nitrogens with zero attached hydrogens (tertiary/aromatic N) is 2. The number of likely N-dealkylation sites (tertiary alicyclic amines) is 1. The number of nitrogens with one attached hydrogen (secondary N) is 2. The number of aromatic nitrogens is 2. The Bertz CT molecular complexity index is 1360. The van der Waals surface area contributed by atoms with E-state index in [0.717, 1.165) is 59.3 Å². The molecule has 34 heavy (non-hydrogen) atoms. The summed E-state index contributed by atoms with van der Waals surface area (Å²) >= 11 is 0. The van der Waals surface area contributed by atoms with Crippen molar-refractivity contribution in [3.05, 3.63) is 100.0 Å². The lowest BCUT2D eigenvalue weighted by molar-refractivity contribution is -0.122. The number of carbonyl (C=O) groups excluding carboxylic acids is 1. The molecule has 4 aromatic rings. The molecular weight excluding hydrogens is 424 g/mol. The van der Waals surface area contributed by atoms with E-state index < -0.39 is 0 Å². The minimum absolute atomic E-state index is 0.0254. The summed E-state index contributed by atoms with van der Waals surface area (Å²) in [6.07, 6.45) is 1.61. The monoisotopic (exact) mass is 454 g/mol. The van der Waals surface area contributed by atoms with Gasteiger partial charge in [0.25, 0.3) is 0 Å². The molecular formula is C28H30N4O2. The summed E-state index contributed by atoms with van der Waals surface area (Å²) in [5, 5.41) is 3.18. The standard InChI is InChI=1S/C28H30N4O2/c1-19-12-13-20(2)24(18-19)29-27(33)26(21-8-4-3-5-9-21)31-16-14-22(15-17-31)32-25-11-7-6-10-23(25)30-28(32)34/h3-13,18,22,26H,14-17H2,1-2H3,(H,29,33)(H,30,34). The van der Waals surface area contributed by atoms with Crippen molar-refractivity contribution in [2.24, 2.45) is 0 Å². The molecule has 0 bridgehead atoms. The van der Waals surface area contributed by atoms with Gasteiger partial charge in [-0.15, -0.1) is 0 Å². The number of benzene rings is 3. The van der Waals surface area contributed by atoms with Gasteiger partial charge < -0.3 is 10.3 Å². The molecule has 1 fully saturated rings. The summed E-state index contributed by atoms with van der Waals surface area (Å²) in [5.74, 6) is -0.0254. The van der Waals surface area contributed by atoms with Gasteiger partial charge >= 0.3 is 5.69 Å². The van der Waals surface area contributed by atoms with Crippen molar-refractivity contribution in [1.82, 2.24) is 14.5 Å². The number of hydrogen-bond acceptors (Lipinski definition) is 3. The number of hydrogen-bond donors (Lipinski definition) is 2. The smallest absolute Gasteiger partial charge is 0.324 e. The lowest BCUT2D eigenvalue weighted by Crippen LogP contribution is -2.43. The minimum Gasteiger partial charge on any atom is -0.324 e. The molecule has 2 heterocycles. The van der Waals surface area contributed by atoms with Crippen LogP contribution in [0.25, 0.3) is 11.0 Å². The highest BCUT2D eigenvalue weighted by Gasteiger charge is 2.32. The topological polar surface area (TPSA) is 70.1 Å². The van der Waals surface area contributed by atoms with Gasteiger partial charge in [0.15, 0.2) is 0 Å². The Morgan fingerprint density at radius 1 is 0.971 bits per heavy atom. The van der Waals surface area contributed by atoms with Crippen LogP contribution in [-0.2, 0) is 4.79 Å². The quantitative estimate of drug-likeness (QED) is 0.448. The van der Waals surface area contributed by atoms with Crippen LogP contribution in [0.1, 0.15) is 41.6 Å². The van der Waals surface area contributed by atoms with E-state index in [0.29, 0.717) is 0 Å². The molecule has 174 valence electrons. The first kappa shape index (κ1) is 22.2. The number of aryl methyl sites for hydroxylation is 2. The van der Waals surface area contributed by atoms with E-state index in [1.807, 2.05) is 85.1 Å². The highest BCUT2D eigenvalue weighted by Crippen LogP contribution is 2.31. The molecule has 6 nitrogen and oxygen atoms in total. The van der Waals surface area contributed by atoms with Gasteiger partial charge in [0.05, 0.1) is 11.0 Å². The van der Waals surface area contributed by atoms with Crippen LogP contribution in [0.5, 0.6) is 0 Å². The van der Waals surface area contributed by atoms with Crippen molar-refractivity contribution < 1.29 is 4.79 Å². The molecule has 3 aromatic carbocycles. The van der Waals surface area contributed by atoms with E-state index in [1.54, 1.807) is 0 Å². The van der Waals surface area contributed by atoms with Crippen molar-refractivity contribution in [3.8, 4) is 0 Å². The van der Waals surface area contributed by atoms with Gasteiger partial charge in [-0.05, 0) is 61.6 Å². The predicted molar refractivity (Wildman–Crippen MR) is 136 cm³/mol. The number of piperidine rings is 1. The van der Waals surface area contributed by atoms with Crippen LogP contribution in [0.2, 0.25) is 0 Å². The molecule has 0 radical (unpaired) electrons. The number of aromatic amines is 1. The second kappa shape index (κ2) is 9.31. The molecule has 1 unspecified atom stereocenters. The van der Waals surface area contributed by atoms with E-state index >= 15 is 0 Å². The third kappa shape index (κ3) is 4.29. The Labute approximate surface area is 199 Å². The van der Waals surface area contributed by atoms with Crippen LogP contribution in [0.3, 0.4) is 0 Å². The van der Waals surface area contributed by atoms with Gasteiger partial charge in [0.2, 0.25) is 5.91 Å². The van der Waals surface area contributed by atoms with E-state index in [9.17, 15) is 9.59 Å². The Kier molecular flexibility index (Phi) is 6.07.